The van der Waals surface area contributed by atoms with Gasteiger partial charge in [0, 0.05) is 35.1 Å². The molecule has 1 aromatic carbocycles. The van der Waals surface area contributed by atoms with Crippen LogP contribution in [0.2, 0.25) is 0 Å². The second-order valence-corrected chi connectivity index (χ2v) is 8.92. The predicted molar refractivity (Wildman–Crippen MR) is 147 cm³/mol. The number of aliphatic imine (C=N–C) groups is 1. The molecule has 0 saturated carbocycles. The van der Waals surface area contributed by atoms with Crippen molar-refractivity contribution in [1.29, 1.82) is 0 Å². The second-order valence-electron chi connectivity index (χ2n) is 8.92. The highest BCUT2D eigenvalue weighted by molar-refractivity contribution is 5.95. The molecule has 0 radical (unpaired) electrons. The Kier molecular flexibility index (Phi) is 7.97. The van der Waals surface area contributed by atoms with Crippen LogP contribution in [0, 0.1) is 12.8 Å². The first-order chi connectivity index (χ1) is 17.2. The average Bonchev–Trinajstić information content (AvgIpc) is 3.56. The summed E-state index contributed by atoms with van der Waals surface area (Å²) in [5.41, 5.74) is 17.0. The van der Waals surface area contributed by atoms with E-state index < -0.39 is 0 Å². The molecule has 0 amide bonds. The van der Waals surface area contributed by atoms with Crippen LogP contribution in [0.4, 0.5) is 0 Å². The van der Waals surface area contributed by atoms with Gasteiger partial charge in [-0.3, -0.25) is 9.98 Å². The van der Waals surface area contributed by atoms with Crippen molar-refractivity contribution in [3.63, 3.8) is 0 Å². The zero-order valence-corrected chi connectivity index (χ0v) is 20.2. The number of nitrogens with zero attached hydrogens (tertiary/aromatic N) is 2. The van der Waals surface area contributed by atoms with Crippen molar-refractivity contribution in [3.05, 3.63) is 88.7 Å². The lowest BCUT2D eigenvalue weighted by Crippen LogP contribution is -2.20. The maximum atomic E-state index is 6.32. The van der Waals surface area contributed by atoms with Gasteiger partial charge in [0.2, 0.25) is 0 Å². The third kappa shape index (κ3) is 5.62. The lowest BCUT2D eigenvalue weighted by atomic mass is 9.99. The van der Waals surface area contributed by atoms with Crippen LogP contribution >= 0.6 is 0 Å². The molecule has 0 spiro atoms. The van der Waals surface area contributed by atoms with Crippen LogP contribution in [-0.4, -0.2) is 29.8 Å². The first-order valence-corrected chi connectivity index (χ1v) is 12.2. The van der Waals surface area contributed by atoms with Crippen molar-refractivity contribution in [2.45, 2.75) is 38.5 Å². The number of rotatable bonds is 7. The molecule has 3 heterocycles. The van der Waals surface area contributed by atoms with E-state index in [1.54, 1.807) is 0 Å². The molecular weight excluding hydrogens is 430 g/mol. The van der Waals surface area contributed by atoms with Crippen LogP contribution in [0.3, 0.4) is 0 Å². The van der Waals surface area contributed by atoms with E-state index in [0.717, 1.165) is 49.3 Å². The van der Waals surface area contributed by atoms with E-state index in [1.807, 2.05) is 24.5 Å². The Hall–Kier alpha value is -3.88. The van der Waals surface area contributed by atoms with E-state index in [1.165, 1.54) is 58.2 Å². The summed E-state index contributed by atoms with van der Waals surface area (Å²) >= 11 is 0. The van der Waals surface area contributed by atoms with Gasteiger partial charge in [0.25, 0.3) is 0 Å². The van der Waals surface area contributed by atoms with Crippen LogP contribution in [0.1, 0.15) is 36.1 Å². The summed E-state index contributed by atoms with van der Waals surface area (Å²) in [6.45, 7) is 5.58. The van der Waals surface area contributed by atoms with Crippen molar-refractivity contribution in [2.24, 2.45) is 10.7 Å². The third-order valence-electron chi connectivity index (χ3n) is 6.71. The maximum absolute atomic E-state index is 6.32. The lowest BCUT2D eigenvalue weighted by molar-refractivity contribution is 0.706. The molecule has 5 rings (SSSR count). The molecule has 2 aromatic heterocycles. The second kappa shape index (κ2) is 11.5. The highest BCUT2D eigenvalue weighted by Crippen LogP contribution is 2.32. The zero-order chi connectivity index (χ0) is 24.6. The van der Waals surface area contributed by atoms with E-state index in [4.69, 9.17) is 5.73 Å². The summed E-state index contributed by atoms with van der Waals surface area (Å²) in [6.07, 6.45) is 24.2. The summed E-state index contributed by atoms with van der Waals surface area (Å²) in [6, 6.07) is 9.12. The fraction of sp³-hybridized carbons (Fsp3) is 0.267. The molecule has 1 aliphatic carbocycles. The summed E-state index contributed by atoms with van der Waals surface area (Å²) < 4.78 is 0. The predicted octanol–water partition coefficient (Wildman–Crippen LogP) is 5.25. The van der Waals surface area contributed by atoms with Gasteiger partial charge >= 0.3 is 0 Å². The molecule has 0 fully saturated rings. The first-order valence-electron chi connectivity index (χ1n) is 12.2. The first kappa shape index (κ1) is 24.3. The number of H-pyrrole nitrogens is 1. The highest BCUT2D eigenvalue weighted by atomic mass is 14.9. The van der Waals surface area contributed by atoms with Gasteiger partial charge in [-0.2, -0.15) is 0 Å². The van der Waals surface area contributed by atoms with Crippen LogP contribution in [0.15, 0.2) is 76.8 Å². The van der Waals surface area contributed by atoms with Gasteiger partial charge in [-0.15, -0.1) is 12.8 Å². The molecule has 5 heteroatoms. The number of fused-ring (bicyclic) bond motifs is 2. The molecule has 0 bridgehead atoms. The summed E-state index contributed by atoms with van der Waals surface area (Å²) in [5.74, 6) is 0. The molecule has 0 unspecified atom stereocenters. The van der Waals surface area contributed by atoms with Crippen LogP contribution < -0.4 is 11.1 Å². The number of aryl methyl sites for hydroxylation is 3. The molecule has 1 aliphatic heterocycles. The number of hydrogen-bond donors (Lipinski definition) is 3. The van der Waals surface area contributed by atoms with Crippen LogP contribution in [-0.2, 0) is 19.3 Å². The van der Waals surface area contributed by atoms with Gasteiger partial charge in [0.1, 0.15) is 0 Å². The quantitative estimate of drug-likeness (QED) is 0.254. The largest absolute Gasteiger partial charge is 0.402 e. The Bertz CT molecular complexity index is 1320. The van der Waals surface area contributed by atoms with Gasteiger partial charge in [-0.05, 0) is 92.3 Å². The average molecular weight is 464 g/mol. The number of nitrogens with one attached hydrogen (secondary N) is 2. The maximum Gasteiger partial charge on any atom is 0.0652 e. The Morgan fingerprint density at radius 1 is 1.11 bits per heavy atom. The Balaban J connectivity index is 0.00000141. The molecular formula is C30H33N5. The van der Waals surface area contributed by atoms with Crippen molar-refractivity contribution in [3.8, 4) is 24.0 Å². The lowest BCUT2D eigenvalue weighted by Gasteiger charge is -2.13. The van der Waals surface area contributed by atoms with E-state index in [2.05, 4.69) is 70.2 Å². The summed E-state index contributed by atoms with van der Waals surface area (Å²) in [7, 11) is 0. The minimum absolute atomic E-state index is 0.774. The van der Waals surface area contributed by atoms with Crippen molar-refractivity contribution in [2.75, 3.05) is 13.1 Å². The smallest absolute Gasteiger partial charge is 0.0652 e. The number of aromatic nitrogens is 2. The minimum atomic E-state index is 0.774. The van der Waals surface area contributed by atoms with Gasteiger partial charge < -0.3 is 16.0 Å². The van der Waals surface area contributed by atoms with Gasteiger partial charge in [-0.1, -0.05) is 24.3 Å². The van der Waals surface area contributed by atoms with Gasteiger partial charge in [-0.25, -0.2) is 0 Å². The van der Waals surface area contributed by atoms with Crippen LogP contribution in [0.25, 0.3) is 22.0 Å². The highest BCUT2D eigenvalue weighted by Gasteiger charge is 2.14. The SMILES string of the molecule is C#C.C=N/C(=C\C=C(\N)CCc1cc2c(-c3ccc4c(c3)CCC4)cncc2[nH]1)C1=CCNCC1. The molecule has 0 atom stereocenters. The van der Waals surface area contributed by atoms with E-state index >= 15 is 0 Å². The number of nitrogens with two attached hydrogens (primary N) is 1. The number of allylic oxidation sites excluding steroid dienone is 4. The van der Waals surface area contributed by atoms with E-state index in [9.17, 15) is 0 Å². The number of benzene rings is 1. The molecule has 4 N–H and O–H groups in total. The Morgan fingerprint density at radius 3 is 2.77 bits per heavy atom. The van der Waals surface area contributed by atoms with Crippen LogP contribution in [0.5, 0.6) is 0 Å². The number of aromatic amines is 1. The van der Waals surface area contributed by atoms with Crippen molar-refractivity contribution >= 4 is 17.6 Å². The molecule has 5 nitrogen and oxygen atoms in total. The number of pyridine rings is 1. The number of terminal acetylenes is 1. The van der Waals surface area contributed by atoms with Crippen molar-refractivity contribution in [1.82, 2.24) is 15.3 Å². The Labute approximate surface area is 208 Å². The normalized spacial score (nSPS) is 15.8. The Morgan fingerprint density at radius 2 is 1.97 bits per heavy atom. The standard InChI is InChI=1S/C28H31N5.C2H2/c1-30-27(20-11-13-31-14-12-20)10-8-23(29)7-9-24-16-25-26(17-32-18-28(25)33-24)22-6-5-19-3-2-4-21(19)15-22;1-2/h5-6,8,10-11,15-18,31,33H,1-4,7,9,12-14,29H2;1-2H/b23-8+,27-10-;. The number of hydrogen-bond acceptors (Lipinski definition) is 4. The molecule has 2 aliphatic rings. The summed E-state index contributed by atoms with van der Waals surface area (Å²) in [5, 5.41) is 4.54. The minimum Gasteiger partial charge on any atom is -0.402 e. The van der Waals surface area contributed by atoms with Crippen molar-refractivity contribution < 1.29 is 0 Å². The van der Waals surface area contributed by atoms with Gasteiger partial charge in [0.05, 0.1) is 17.4 Å². The zero-order valence-electron chi connectivity index (χ0n) is 20.2. The fourth-order valence-corrected chi connectivity index (χ4v) is 4.88. The monoisotopic (exact) mass is 463 g/mol. The van der Waals surface area contributed by atoms with E-state index in [-0.39, 0.29) is 0 Å². The molecule has 35 heavy (non-hydrogen) atoms. The summed E-state index contributed by atoms with van der Waals surface area (Å²) in [4.78, 5) is 12.2. The van der Waals surface area contributed by atoms with Gasteiger partial charge in [0.15, 0.2) is 0 Å². The molecule has 0 saturated heterocycles. The fourth-order valence-electron chi connectivity index (χ4n) is 4.88. The third-order valence-corrected chi connectivity index (χ3v) is 6.71. The topological polar surface area (TPSA) is 79.1 Å². The van der Waals surface area contributed by atoms with E-state index in [0.29, 0.717) is 0 Å². The molecule has 178 valence electrons. The molecule has 3 aromatic rings.